The molecule has 0 spiro atoms. The number of H-pyrrole nitrogens is 1. The molecule has 1 fully saturated rings. The molecule has 1 aliphatic carbocycles. The molecule has 0 bridgehead atoms. The smallest absolute Gasteiger partial charge is 0.255 e. The first-order valence-electron chi connectivity index (χ1n) is 6.92. The first-order valence-corrected chi connectivity index (χ1v) is 6.92. The van der Waals surface area contributed by atoms with Crippen molar-refractivity contribution in [3.63, 3.8) is 0 Å². The van der Waals surface area contributed by atoms with E-state index in [1.54, 1.807) is 0 Å². The summed E-state index contributed by atoms with van der Waals surface area (Å²) in [5.41, 5.74) is 1.78. The second-order valence-electron chi connectivity index (χ2n) is 5.25. The summed E-state index contributed by atoms with van der Waals surface area (Å²) in [5, 5.41) is 6.63. The zero-order valence-corrected chi connectivity index (χ0v) is 10.6. The zero-order valence-electron chi connectivity index (χ0n) is 10.6. The lowest BCUT2D eigenvalue weighted by Gasteiger charge is -2.24. The molecule has 0 saturated heterocycles. The van der Waals surface area contributed by atoms with Crippen LogP contribution in [0.15, 0.2) is 4.79 Å². The largest absolute Gasteiger partial charge is 0.353 e. The fourth-order valence-corrected chi connectivity index (χ4v) is 2.88. The Kier molecular flexibility index (Phi) is 3.32. The van der Waals surface area contributed by atoms with Crippen LogP contribution >= 0.6 is 0 Å². The second-order valence-corrected chi connectivity index (χ2v) is 5.25. The zero-order chi connectivity index (χ0) is 12.4. The molecular formula is C13H20N4O. The third kappa shape index (κ3) is 2.41. The predicted octanol–water partition coefficient (Wildman–Crippen LogP) is 1.16. The monoisotopic (exact) mass is 248 g/mol. The van der Waals surface area contributed by atoms with Crippen molar-refractivity contribution in [2.24, 2.45) is 0 Å². The van der Waals surface area contributed by atoms with E-state index in [4.69, 9.17) is 0 Å². The number of nitrogens with zero attached hydrogens (tertiary/aromatic N) is 1. The van der Waals surface area contributed by atoms with Crippen LogP contribution < -0.4 is 16.2 Å². The van der Waals surface area contributed by atoms with E-state index in [2.05, 4.69) is 20.6 Å². The SMILES string of the molecule is O=c1[nH]c(NC2CCCCC2)nc2c1CCNC2. The van der Waals surface area contributed by atoms with Crippen LogP contribution in [-0.4, -0.2) is 22.6 Å². The summed E-state index contributed by atoms with van der Waals surface area (Å²) < 4.78 is 0. The maximum Gasteiger partial charge on any atom is 0.255 e. The fraction of sp³-hybridized carbons (Fsp3) is 0.692. The molecule has 5 heteroatoms. The van der Waals surface area contributed by atoms with Crippen molar-refractivity contribution >= 4 is 5.95 Å². The van der Waals surface area contributed by atoms with E-state index in [0.29, 0.717) is 18.5 Å². The van der Waals surface area contributed by atoms with Gasteiger partial charge in [-0.3, -0.25) is 9.78 Å². The highest BCUT2D eigenvalue weighted by atomic mass is 16.1. The molecule has 2 aliphatic rings. The maximum absolute atomic E-state index is 12.0. The Hall–Kier alpha value is -1.36. The van der Waals surface area contributed by atoms with Gasteiger partial charge in [0.25, 0.3) is 5.56 Å². The Morgan fingerprint density at radius 3 is 2.89 bits per heavy atom. The Labute approximate surface area is 106 Å². The van der Waals surface area contributed by atoms with Crippen molar-refractivity contribution in [2.45, 2.75) is 51.1 Å². The van der Waals surface area contributed by atoms with Gasteiger partial charge in [0.2, 0.25) is 5.95 Å². The lowest BCUT2D eigenvalue weighted by molar-refractivity contribution is 0.460. The standard InChI is InChI=1S/C13H20N4O/c18-12-10-6-7-14-8-11(10)16-13(17-12)15-9-4-2-1-3-5-9/h9,14H,1-8H2,(H2,15,16,17,18). The third-order valence-electron chi connectivity index (χ3n) is 3.89. The summed E-state index contributed by atoms with van der Waals surface area (Å²) in [7, 11) is 0. The van der Waals surface area contributed by atoms with Crippen molar-refractivity contribution in [2.75, 3.05) is 11.9 Å². The van der Waals surface area contributed by atoms with Gasteiger partial charge in [-0.1, -0.05) is 19.3 Å². The molecule has 18 heavy (non-hydrogen) atoms. The molecule has 1 aliphatic heterocycles. The Morgan fingerprint density at radius 2 is 2.06 bits per heavy atom. The van der Waals surface area contributed by atoms with E-state index in [1.165, 1.54) is 32.1 Å². The molecule has 0 unspecified atom stereocenters. The fourth-order valence-electron chi connectivity index (χ4n) is 2.88. The molecule has 2 heterocycles. The van der Waals surface area contributed by atoms with Crippen molar-refractivity contribution < 1.29 is 0 Å². The Bertz CT molecular complexity index is 476. The number of aromatic nitrogens is 2. The number of hydrogen-bond donors (Lipinski definition) is 3. The molecule has 1 saturated carbocycles. The van der Waals surface area contributed by atoms with Gasteiger partial charge in [-0.15, -0.1) is 0 Å². The van der Waals surface area contributed by atoms with E-state index in [1.807, 2.05) is 0 Å². The van der Waals surface area contributed by atoms with Crippen molar-refractivity contribution in [1.82, 2.24) is 15.3 Å². The number of anilines is 1. The highest BCUT2D eigenvalue weighted by Gasteiger charge is 2.17. The Morgan fingerprint density at radius 1 is 1.22 bits per heavy atom. The third-order valence-corrected chi connectivity index (χ3v) is 3.89. The lowest BCUT2D eigenvalue weighted by atomic mass is 9.96. The molecule has 3 rings (SSSR count). The van der Waals surface area contributed by atoms with E-state index < -0.39 is 0 Å². The summed E-state index contributed by atoms with van der Waals surface area (Å²) >= 11 is 0. The number of fused-ring (bicyclic) bond motifs is 1. The molecular weight excluding hydrogens is 228 g/mol. The minimum Gasteiger partial charge on any atom is -0.353 e. The van der Waals surface area contributed by atoms with E-state index in [0.717, 1.165) is 24.2 Å². The van der Waals surface area contributed by atoms with E-state index in [-0.39, 0.29) is 5.56 Å². The molecule has 0 amide bonds. The normalized spacial score (nSPS) is 20.4. The van der Waals surface area contributed by atoms with Gasteiger partial charge in [0.05, 0.1) is 5.69 Å². The predicted molar refractivity (Wildman–Crippen MR) is 70.8 cm³/mol. The summed E-state index contributed by atoms with van der Waals surface area (Å²) in [5.74, 6) is 0.648. The molecule has 98 valence electrons. The minimum atomic E-state index is 0.0276. The maximum atomic E-state index is 12.0. The topological polar surface area (TPSA) is 69.8 Å². The highest BCUT2D eigenvalue weighted by Crippen LogP contribution is 2.20. The molecule has 3 N–H and O–H groups in total. The van der Waals surface area contributed by atoms with E-state index in [9.17, 15) is 4.79 Å². The van der Waals surface area contributed by atoms with Crippen LogP contribution in [-0.2, 0) is 13.0 Å². The quantitative estimate of drug-likeness (QED) is 0.734. The first kappa shape index (κ1) is 11.7. The van der Waals surface area contributed by atoms with Crippen LogP contribution in [0.25, 0.3) is 0 Å². The van der Waals surface area contributed by atoms with Gasteiger partial charge in [-0.2, -0.15) is 0 Å². The summed E-state index contributed by atoms with van der Waals surface area (Å²) in [6.07, 6.45) is 7.01. The molecule has 0 radical (unpaired) electrons. The molecule has 1 aromatic heterocycles. The second kappa shape index (κ2) is 5.10. The number of aromatic amines is 1. The molecule has 0 atom stereocenters. The van der Waals surface area contributed by atoms with Crippen molar-refractivity contribution in [3.05, 3.63) is 21.6 Å². The van der Waals surface area contributed by atoms with Gasteiger partial charge in [0.1, 0.15) is 0 Å². The highest BCUT2D eigenvalue weighted by molar-refractivity contribution is 5.32. The van der Waals surface area contributed by atoms with Crippen LogP contribution in [0.5, 0.6) is 0 Å². The summed E-state index contributed by atoms with van der Waals surface area (Å²) in [4.78, 5) is 19.4. The van der Waals surface area contributed by atoms with Crippen molar-refractivity contribution in [1.29, 1.82) is 0 Å². The van der Waals surface area contributed by atoms with Crippen LogP contribution in [0.2, 0.25) is 0 Å². The van der Waals surface area contributed by atoms with Crippen LogP contribution in [0.4, 0.5) is 5.95 Å². The summed E-state index contributed by atoms with van der Waals surface area (Å²) in [6.45, 7) is 1.58. The minimum absolute atomic E-state index is 0.0276. The average molecular weight is 248 g/mol. The van der Waals surface area contributed by atoms with Gasteiger partial charge in [-0.25, -0.2) is 4.98 Å². The number of rotatable bonds is 2. The lowest BCUT2D eigenvalue weighted by Crippen LogP contribution is -2.33. The van der Waals surface area contributed by atoms with Crippen molar-refractivity contribution in [3.8, 4) is 0 Å². The average Bonchev–Trinajstić information content (AvgIpc) is 2.40. The van der Waals surface area contributed by atoms with Crippen LogP contribution in [0.3, 0.4) is 0 Å². The van der Waals surface area contributed by atoms with Gasteiger partial charge < -0.3 is 10.6 Å². The number of hydrogen-bond acceptors (Lipinski definition) is 4. The van der Waals surface area contributed by atoms with Crippen LogP contribution in [0, 0.1) is 0 Å². The van der Waals surface area contributed by atoms with Gasteiger partial charge in [0, 0.05) is 18.2 Å². The van der Waals surface area contributed by atoms with Gasteiger partial charge in [-0.05, 0) is 25.8 Å². The van der Waals surface area contributed by atoms with Gasteiger partial charge >= 0.3 is 0 Å². The molecule has 5 nitrogen and oxygen atoms in total. The van der Waals surface area contributed by atoms with Gasteiger partial charge in [0.15, 0.2) is 0 Å². The number of nitrogens with one attached hydrogen (secondary N) is 3. The summed E-state index contributed by atoms with van der Waals surface area (Å²) in [6, 6.07) is 0.469. The molecule has 1 aromatic rings. The van der Waals surface area contributed by atoms with Crippen LogP contribution in [0.1, 0.15) is 43.4 Å². The van der Waals surface area contributed by atoms with E-state index >= 15 is 0 Å². The molecule has 0 aromatic carbocycles. The first-order chi connectivity index (χ1) is 8.83. The Balaban J connectivity index is 1.80.